The van der Waals surface area contributed by atoms with Crippen molar-refractivity contribution in [2.24, 2.45) is 0 Å². The number of ether oxygens (including phenoxy) is 1. The summed E-state index contributed by atoms with van der Waals surface area (Å²) < 4.78 is 33.2. The number of fused-ring (bicyclic) bond motifs is 2. The first-order chi connectivity index (χ1) is 20.1. The molecule has 3 aromatic rings. The van der Waals surface area contributed by atoms with Crippen LogP contribution in [0.3, 0.4) is 0 Å². The first kappa shape index (κ1) is 30.1. The van der Waals surface area contributed by atoms with Crippen molar-refractivity contribution < 1.29 is 13.5 Å². The molecule has 3 aliphatic heterocycles. The van der Waals surface area contributed by atoms with Gasteiger partial charge in [0, 0.05) is 60.7 Å². The lowest BCUT2D eigenvalue weighted by Gasteiger charge is -2.48. The van der Waals surface area contributed by atoms with E-state index in [1.807, 2.05) is 41.7 Å². The van der Waals surface area contributed by atoms with Crippen molar-refractivity contribution in [2.75, 3.05) is 68.1 Å². The quantitative estimate of drug-likeness (QED) is 0.411. The highest BCUT2D eigenvalue weighted by Crippen LogP contribution is 2.58. The van der Waals surface area contributed by atoms with Crippen LogP contribution in [0.2, 0.25) is 0 Å². The van der Waals surface area contributed by atoms with Crippen LogP contribution in [0.15, 0.2) is 18.3 Å². The lowest BCUT2D eigenvalue weighted by molar-refractivity contribution is 0.321. The highest BCUT2D eigenvalue weighted by atomic mass is 32.2. The normalized spacial score (nSPS) is 19.5. The first-order valence-electron chi connectivity index (χ1n) is 13.7. The zero-order valence-corrected chi connectivity index (χ0v) is 25.7. The Balaban J connectivity index is 0.000000442. The number of rotatable bonds is 6. The second-order valence-electron chi connectivity index (χ2n) is 10.6. The van der Waals surface area contributed by atoms with Gasteiger partial charge in [-0.05, 0) is 33.4 Å². The van der Waals surface area contributed by atoms with Crippen molar-refractivity contribution in [2.45, 2.75) is 43.0 Å². The Morgan fingerprint density at radius 3 is 2.67 bits per heavy atom. The van der Waals surface area contributed by atoms with Crippen LogP contribution in [0.25, 0.3) is 0 Å². The van der Waals surface area contributed by atoms with Gasteiger partial charge in [-0.1, -0.05) is 6.07 Å². The molecule has 3 aromatic heterocycles. The number of halogens is 2. The maximum Gasteiger partial charge on any atom is 0.320 e. The minimum Gasteiger partial charge on any atom is -0.467 e. The molecule has 0 aliphatic carbocycles. The molecule has 1 spiro atoms. The highest BCUT2D eigenvalue weighted by molar-refractivity contribution is 8.00. The van der Waals surface area contributed by atoms with Gasteiger partial charge < -0.3 is 30.9 Å². The lowest BCUT2D eigenvalue weighted by atomic mass is 9.88. The molecular formula is C28H35F2N9OS2. The van der Waals surface area contributed by atoms with E-state index in [4.69, 9.17) is 16.2 Å². The molecule has 0 saturated carbocycles. The lowest BCUT2D eigenvalue weighted by Crippen LogP contribution is -2.57. The second-order valence-corrected chi connectivity index (χ2v) is 13.1. The Bertz CT molecular complexity index is 1480. The number of methoxy groups -OCH3 is 1. The fourth-order valence-corrected chi connectivity index (χ4v) is 8.58. The molecule has 0 radical (unpaired) electrons. The summed E-state index contributed by atoms with van der Waals surface area (Å²) in [4.78, 5) is 19.7. The molecular weight excluding hydrogens is 581 g/mol. The summed E-state index contributed by atoms with van der Waals surface area (Å²) in [6.45, 7) is 6.95. The van der Waals surface area contributed by atoms with Gasteiger partial charge in [0.1, 0.15) is 23.1 Å². The van der Waals surface area contributed by atoms with E-state index in [0.717, 1.165) is 34.7 Å². The van der Waals surface area contributed by atoms with Gasteiger partial charge in [0.2, 0.25) is 5.82 Å². The Kier molecular flexibility index (Phi) is 8.63. The number of alkyl halides is 1. The van der Waals surface area contributed by atoms with E-state index in [0.29, 0.717) is 42.6 Å². The van der Waals surface area contributed by atoms with Gasteiger partial charge in [0.05, 0.1) is 23.5 Å². The third kappa shape index (κ3) is 5.41. The van der Waals surface area contributed by atoms with Crippen molar-refractivity contribution in [1.29, 1.82) is 5.26 Å². The van der Waals surface area contributed by atoms with E-state index < -0.39 is 12.0 Å². The van der Waals surface area contributed by atoms with Crippen molar-refractivity contribution in [3.05, 3.63) is 45.7 Å². The third-order valence-electron chi connectivity index (χ3n) is 7.96. The molecule has 0 amide bonds. The number of thiophene rings is 1. The number of nitriles is 1. The van der Waals surface area contributed by atoms with Crippen LogP contribution in [0, 0.1) is 17.1 Å². The number of nitrogens with two attached hydrogens (primary N) is 2. The van der Waals surface area contributed by atoms with E-state index in [2.05, 4.69) is 21.0 Å². The number of likely N-dealkylation sites (tertiary alicyclic amines) is 1. The number of aromatic nitrogens is 3. The number of hydrogen-bond donors (Lipinski definition) is 2. The maximum atomic E-state index is 16.0. The zero-order valence-electron chi connectivity index (χ0n) is 24.1. The summed E-state index contributed by atoms with van der Waals surface area (Å²) in [6, 6.07) is 5.74. The van der Waals surface area contributed by atoms with E-state index in [1.165, 1.54) is 18.4 Å². The number of nitrogens with zero attached hydrogens (tertiary/aromatic N) is 7. The van der Waals surface area contributed by atoms with Gasteiger partial charge in [-0.15, -0.1) is 23.1 Å². The van der Waals surface area contributed by atoms with Crippen molar-refractivity contribution in [1.82, 2.24) is 19.9 Å². The fraction of sp³-hybridized carbons (Fsp3) is 0.500. The molecule has 2 saturated heterocycles. The van der Waals surface area contributed by atoms with Crippen LogP contribution < -0.4 is 26.0 Å². The summed E-state index contributed by atoms with van der Waals surface area (Å²) >= 11 is 3.24. The number of pyridine rings is 1. The SMILES string of the molecule is CCN(c1nc(OC)nc(N2CC3(C2)SCc2sc(N)c(C#N)c23)c1F)C(C)c1cccnc1N.CN1CCC(F)C1. The van der Waals surface area contributed by atoms with Gasteiger partial charge in [-0.3, -0.25) is 0 Å². The van der Waals surface area contributed by atoms with Crippen LogP contribution in [0.1, 0.15) is 47.9 Å². The van der Waals surface area contributed by atoms with Gasteiger partial charge in [-0.2, -0.15) is 19.6 Å². The first-order valence-corrected chi connectivity index (χ1v) is 15.5. The minimum absolute atomic E-state index is 0.0828. The van der Waals surface area contributed by atoms with Crippen LogP contribution in [0.4, 0.5) is 31.2 Å². The molecule has 4 N–H and O–H groups in total. The average Bonchev–Trinajstić information content (AvgIpc) is 3.62. The van der Waals surface area contributed by atoms with E-state index in [1.54, 1.807) is 24.0 Å². The van der Waals surface area contributed by atoms with Gasteiger partial charge >= 0.3 is 6.01 Å². The van der Waals surface area contributed by atoms with Crippen molar-refractivity contribution in [3.63, 3.8) is 0 Å². The summed E-state index contributed by atoms with van der Waals surface area (Å²) in [5.41, 5.74) is 14.5. The molecule has 42 heavy (non-hydrogen) atoms. The van der Waals surface area contributed by atoms with Crippen LogP contribution in [-0.4, -0.2) is 72.9 Å². The van der Waals surface area contributed by atoms with E-state index in [9.17, 15) is 9.65 Å². The largest absolute Gasteiger partial charge is 0.467 e. The molecule has 2 unspecified atom stereocenters. The average molecular weight is 616 g/mol. The monoisotopic (exact) mass is 615 g/mol. The molecule has 10 nitrogen and oxygen atoms in total. The Morgan fingerprint density at radius 1 is 1.33 bits per heavy atom. The molecule has 14 heteroatoms. The van der Waals surface area contributed by atoms with Gasteiger partial charge in [-0.25, -0.2) is 9.37 Å². The van der Waals surface area contributed by atoms with Gasteiger partial charge in [0.25, 0.3) is 0 Å². The minimum atomic E-state index is -0.551. The van der Waals surface area contributed by atoms with Crippen molar-refractivity contribution in [3.8, 4) is 12.1 Å². The van der Waals surface area contributed by atoms with Crippen LogP contribution in [0.5, 0.6) is 6.01 Å². The summed E-state index contributed by atoms with van der Waals surface area (Å²) in [7, 11) is 3.41. The van der Waals surface area contributed by atoms with E-state index in [-0.39, 0.29) is 28.4 Å². The topological polar surface area (TPSA) is 133 Å². The molecule has 0 bridgehead atoms. The Morgan fingerprint density at radius 2 is 2.10 bits per heavy atom. The number of thioether (sulfide) groups is 1. The molecule has 2 fully saturated rings. The zero-order chi connectivity index (χ0) is 30.2. The molecule has 6 heterocycles. The fourth-order valence-electron chi connectivity index (χ4n) is 5.77. The highest BCUT2D eigenvalue weighted by Gasteiger charge is 2.53. The molecule has 224 valence electrons. The predicted molar refractivity (Wildman–Crippen MR) is 164 cm³/mol. The summed E-state index contributed by atoms with van der Waals surface area (Å²) in [5.74, 6) is 0.989. The Hall–Kier alpha value is -3.41. The summed E-state index contributed by atoms with van der Waals surface area (Å²) in [6.07, 6.45) is 1.81. The van der Waals surface area contributed by atoms with E-state index >= 15 is 4.39 Å². The summed E-state index contributed by atoms with van der Waals surface area (Å²) in [5, 5.41) is 10.2. The molecule has 6 rings (SSSR count). The molecule has 2 atom stereocenters. The van der Waals surface area contributed by atoms with Crippen LogP contribution >= 0.6 is 23.1 Å². The Labute approximate surface area is 252 Å². The number of hydrogen-bond acceptors (Lipinski definition) is 12. The third-order valence-corrected chi connectivity index (χ3v) is 10.6. The number of anilines is 4. The maximum absolute atomic E-state index is 16.0. The number of nitrogen functional groups attached to an aromatic ring is 2. The van der Waals surface area contributed by atoms with Crippen LogP contribution in [-0.2, 0) is 10.5 Å². The predicted octanol–water partition coefficient (Wildman–Crippen LogP) is 4.33. The van der Waals surface area contributed by atoms with Gasteiger partial charge in [0.15, 0.2) is 11.6 Å². The smallest absolute Gasteiger partial charge is 0.320 e. The molecule has 3 aliphatic rings. The van der Waals surface area contributed by atoms with Crippen molar-refractivity contribution >= 4 is 45.6 Å². The molecule has 0 aromatic carbocycles. The second kappa shape index (κ2) is 12.1. The standard InChI is InChI=1S/C23H25FN8OS2.C5H10FN/c1-4-32(12(2)13-6-5-7-28-18(13)26)21-17(24)20(29-22(30-21)33-3)31-10-23(11-31)16-14(8-25)19(27)35-15(16)9-34-23;1-7-3-2-5(6)4-7/h5-7,12H,4,9-11,27H2,1-3H3,(H2,26,28);5H,2-4H2,1H3.